The van der Waals surface area contributed by atoms with Gasteiger partial charge in [0.2, 0.25) is 11.8 Å². The van der Waals surface area contributed by atoms with Gasteiger partial charge in [-0.15, -0.1) is 11.8 Å². The molecular weight excluding hydrogens is 380 g/mol. The Kier molecular flexibility index (Phi) is 5.41. The van der Waals surface area contributed by atoms with E-state index >= 15 is 0 Å². The minimum Gasteiger partial charge on any atom is -0.326 e. The van der Waals surface area contributed by atoms with Crippen LogP contribution >= 0.6 is 11.8 Å². The van der Waals surface area contributed by atoms with E-state index < -0.39 is 4.87 Å². The summed E-state index contributed by atoms with van der Waals surface area (Å²) in [6.07, 6.45) is 0.163. The Balaban J connectivity index is 1.74. The maximum atomic E-state index is 13.0. The van der Waals surface area contributed by atoms with Crippen LogP contribution in [0.3, 0.4) is 0 Å². The van der Waals surface area contributed by atoms with Crippen molar-refractivity contribution >= 4 is 35.0 Å². The predicted molar refractivity (Wildman–Crippen MR) is 119 cm³/mol. The Morgan fingerprint density at radius 3 is 2.24 bits per heavy atom. The Labute approximate surface area is 174 Å². The summed E-state index contributed by atoms with van der Waals surface area (Å²) >= 11 is 1.51. The van der Waals surface area contributed by atoms with E-state index in [1.165, 1.54) is 11.8 Å². The Morgan fingerprint density at radius 2 is 1.59 bits per heavy atom. The van der Waals surface area contributed by atoms with E-state index in [1.807, 2.05) is 91.9 Å². The number of nitrogens with zero attached hydrogens (tertiary/aromatic N) is 1. The van der Waals surface area contributed by atoms with Gasteiger partial charge < -0.3 is 5.32 Å². The molecule has 3 aromatic rings. The average Bonchev–Trinajstić information content (AvgIpc) is 3.06. The van der Waals surface area contributed by atoms with E-state index in [0.717, 1.165) is 22.5 Å². The number of hydrogen-bond acceptors (Lipinski definition) is 3. The molecule has 1 fully saturated rings. The number of carbonyl (C=O) groups excluding carboxylic acids is 2. The Hall–Kier alpha value is -3.05. The van der Waals surface area contributed by atoms with Crippen LogP contribution in [0.1, 0.15) is 17.5 Å². The lowest BCUT2D eigenvalue weighted by Gasteiger charge is -2.37. The summed E-state index contributed by atoms with van der Waals surface area (Å²) in [5, 5.41) is 2.97. The normalized spacial score (nSPS) is 18.7. The zero-order valence-corrected chi connectivity index (χ0v) is 17.0. The van der Waals surface area contributed by atoms with Crippen molar-refractivity contribution < 1.29 is 9.59 Å². The van der Waals surface area contributed by atoms with Gasteiger partial charge >= 0.3 is 0 Å². The van der Waals surface area contributed by atoms with E-state index in [0.29, 0.717) is 5.75 Å². The van der Waals surface area contributed by atoms with Crippen molar-refractivity contribution in [3.63, 3.8) is 0 Å². The molecule has 0 saturated carbocycles. The number of thioether (sulfide) groups is 1. The molecule has 1 aliphatic heterocycles. The molecule has 2 amide bonds. The van der Waals surface area contributed by atoms with Crippen LogP contribution in [0.15, 0.2) is 84.9 Å². The molecule has 0 spiro atoms. The van der Waals surface area contributed by atoms with Gasteiger partial charge in [0.15, 0.2) is 0 Å². The van der Waals surface area contributed by atoms with Crippen LogP contribution in [0, 0.1) is 6.92 Å². The fraction of sp³-hybridized carbons (Fsp3) is 0.167. The summed E-state index contributed by atoms with van der Waals surface area (Å²) in [7, 11) is 0. The maximum Gasteiger partial charge on any atom is 0.238 e. The predicted octanol–water partition coefficient (Wildman–Crippen LogP) is 4.96. The first-order valence-electron chi connectivity index (χ1n) is 9.53. The summed E-state index contributed by atoms with van der Waals surface area (Å²) in [4.78, 5) is 27.0. The number of carbonyl (C=O) groups is 2. The maximum absolute atomic E-state index is 13.0. The molecule has 0 unspecified atom stereocenters. The Morgan fingerprint density at radius 1 is 0.966 bits per heavy atom. The molecule has 1 saturated heterocycles. The minimum atomic E-state index is -0.787. The lowest BCUT2D eigenvalue weighted by Crippen LogP contribution is -2.44. The lowest BCUT2D eigenvalue weighted by molar-refractivity contribution is -0.117. The van der Waals surface area contributed by atoms with Crippen molar-refractivity contribution in [2.45, 2.75) is 18.2 Å². The number of para-hydroxylation sites is 2. The fourth-order valence-electron chi connectivity index (χ4n) is 3.64. The number of hydrogen-bond donors (Lipinski definition) is 1. The number of benzene rings is 3. The molecule has 146 valence electrons. The second-order valence-corrected chi connectivity index (χ2v) is 8.35. The van der Waals surface area contributed by atoms with E-state index in [1.54, 1.807) is 4.90 Å². The van der Waals surface area contributed by atoms with Crippen LogP contribution in [0.4, 0.5) is 11.4 Å². The highest BCUT2D eigenvalue weighted by Crippen LogP contribution is 2.50. The Bertz CT molecular complexity index is 1010. The van der Waals surface area contributed by atoms with Crippen molar-refractivity contribution in [2.75, 3.05) is 16.0 Å². The third-order valence-corrected chi connectivity index (χ3v) is 6.45. The molecule has 4 rings (SSSR count). The van der Waals surface area contributed by atoms with Gasteiger partial charge in [-0.1, -0.05) is 66.2 Å². The van der Waals surface area contributed by atoms with Gasteiger partial charge in [-0.25, -0.2) is 0 Å². The molecule has 0 aliphatic carbocycles. The van der Waals surface area contributed by atoms with Crippen LogP contribution < -0.4 is 10.2 Å². The van der Waals surface area contributed by atoms with Crippen molar-refractivity contribution in [1.29, 1.82) is 0 Å². The lowest BCUT2D eigenvalue weighted by atomic mass is 9.98. The summed E-state index contributed by atoms with van der Waals surface area (Å²) in [6, 6.07) is 27.1. The molecule has 1 aliphatic rings. The molecular formula is C24H22N2O2S. The van der Waals surface area contributed by atoms with Crippen molar-refractivity contribution in [3.8, 4) is 0 Å². The number of nitrogens with one attached hydrogen (secondary N) is 1. The quantitative estimate of drug-likeness (QED) is 0.656. The molecule has 4 nitrogen and oxygen atoms in total. The van der Waals surface area contributed by atoms with Gasteiger partial charge in [0.25, 0.3) is 0 Å². The molecule has 5 heteroatoms. The SMILES string of the molecule is Cc1ccc([C@]2(CC(=O)Nc3ccccc3)SCC(=O)N2c2ccccc2)cc1. The highest BCUT2D eigenvalue weighted by molar-refractivity contribution is 8.01. The van der Waals surface area contributed by atoms with Crippen LogP contribution in [0.5, 0.6) is 0 Å². The van der Waals surface area contributed by atoms with Crippen molar-refractivity contribution in [3.05, 3.63) is 96.1 Å². The van der Waals surface area contributed by atoms with Crippen LogP contribution in [-0.4, -0.2) is 17.6 Å². The minimum absolute atomic E-state index is 0.00860. The molecule has 1 N–H and O–H groups in total. The van der Waals surface area contributed by atoms with Crippen molar-refractivity contribution in [2.24, 2.45) is 0 Å². The molecule has 1 atom stereocenters. The van der Waals surface area contributed by atoms with Gasteiger partial charge in [-0.05, 0) is 36.8 Å². The number of anilines is 2. The first-order chi connectivity index (χ1) is 14.1. The van der Waals surface area contributed by atoms with Gasteiger partial charge in [0.05, 0.1) is 12.2 Å². The molecule has 0 bridgehead atoms. The zero-order valence-electron chi connectivity index (χ0n) is 16.2. The summed E-state index contributed by atoms with van der Waals surface area (Å²) in [5.41, 5.74) is 3.64. The smallest absolute Gasteiger partial charge is 0.238 e. The van der Waals surface area contributed by atoms with Gasteiger partial charge in [-0.2, -0.15) is 0 Å². The van der Waals surface area contributed by atoms with Crippen LogP contribution in [0.2, 0.25) is 0 Å². The third kappa shape index (κ3) is 3.91. The number of aryl methyl sites for hydroxylation is 1. The van der Waals surface area contributed by atoms with E-state index in [9.17, 15) is 9.59 Å². The monoisotopic (exact) mass is 402 g/mol. The summed E-state index contributed by atoms with van der Waals surface area (Å²) in [5.74, 6) is 0.218. The van der Waals surface area contributed by atoms with E-state index in [4.69, 9.17) is 0 Å². The molecule has 0 aromatic heterocycles. The standard InChI is InChI=1S/C24H22N2O2S/c1-18-12-14-19(15-13-18)24(16-22(27)25-20-8-4-2-5-9-20)26(23(28)17-29-24)21-10-6-3-7-11-21/h2-15H,16-17H2,1H3,(H,25,27)/t24-/m0/s1. The zero-order chi connectivity index (χ0) is 20.3. The molecule has 3 aromatic carbocycles. The molecule has 0 radical (unpaired) electrons. The molecule has 1 heterocycles. The largest absolute Gasteiger partial charge is 0.326 e. The second kappa shape index (κ2) is 8.13. The topological polar surface area (TPSA) is 49.4 Å². The van der Waals surface area contributed by atoms with Gasteiger partial charge in [0.1, 0.15) is 4.87 Å². The van der Waals surface area contributed by atoms with Crippen LogP contribution in [-0.2, 0) is 14.5 Å². The van der Waals surface area contributed by atoms with Gasteiger partial charge in [-0.3, -0.25) is 14.5 Å². The highest BCUT2D eigenvalue weighted by Gasteiger charge is 2.49. The van der Waals surface area contributed by atoms with E-state index in [2.05, 4.69) is 5.32 Å². The first-order valence-corrected chi connectivity index (χ1v) is 10.5. The van der Waals surface area contributed by atoms with Crippen molar-refractivity contribution in [1.82, 2.24) is 0 Å². The summed E-state index contributed by atoms with van der Waals surface area (Å²) < 4.78 is 0. The average molecular weight is 403 g/mol. The third-order valence-electron chi connectivity index (χ3n) is 5.02. The van der Waals surface area contributed by atoms with E-state index in [-0.39, 0.29) is 18.2 Å². The second-order valence-electron chi connectivity index (χ2n) is 7.09. The van der Waals surface area contributed by atoms with Crippen LogP contribution in [0.25, 0.3) is 0 Å². The van der Waals surface area contributed by atoms with Gasteiger partial charge in [0, 0.05) is 11.4 Å². The number of amides is 2. The first kappa shape index (κ1) is 19.3. The summed E-state index contributed by atoms with van der Waals surface area (Å²) in [6.45, 7) is 2.03. The fourth-order valence-corrected chi connectivity index (χ4v) is 5.01. The highest BCUT2D eigenvalue weighted by atomic mass is 32.2. The number of rotatable bonds is 5. The molecule has 29 heavy (non-hydrogen) atoms.